The lowest BCUT2D eigenvalue weighted by Crippen LogP contribution is -2.24. The van der Waals surface area contributed by atoms with Gasteiger partial charge in [0.15, 0.2) is 5.82 Å². The molecule has 1 aromatic carbocycles. The van der Waals surface area contributed by atoms with E-state index in [1.165, 1.54) is 0 Å². The summed E-state index contributed by atoms with van der Waals surface area (Å²) in [6, 6.07) is 5.12. The number of nitrogens with one attached hydrogen (secondary N) is 2. The maximum atomic E-state index is 12.3. The van der Waals surface area contributed by atoms with Gasteiger partial charge in [0, 0.05) is 19.2 Å². The summed E-state index contributed by atoms with van der Waals surface area (Å²) in [5, 5.41) is 6.91. The van der Waals surface area contributed by atoms with Crippen molar-refractivity contribution in [3.05, 3.63) is 35.5 Å². The van der Waals surface area contributed by atoms with E-state index in [0.717, 1.165) is 30.6 Å². The van der Waals surface area contributed by atoms with Gasteiger partial charge in [0.2, 0.25) is 15.9 Å². The third-order valence-electron chi connectivity index (χ3n) is 3.32. The van der Waals surface area contributed by atoms with E-state index in [1.54, 1.807) is 19.1 Å². The van der Waals surface area contributed by atoms with Gasteiger partial charge in [-0.05, 0) is 36.6 Å². The lowest BCUT2D eigenvalue weighted by molar-refractivity contribution is 0.387. The van der Waals surface area contributed by atoms with Gasteiger partial charge < -0.3 is 9.84 Å². The van der Waals surface area contributed by atoms with Crippen LogP contribution in [-0.2, 0) is 23.0 Å². The third-order valence-corrected chi connectivity index (χ3v) is 4.71. The van der Waals surface area contributed by atoms with Crippen LogP contribution in [0.25, 0.3) is 0 Å². The van der Waals surface area contributed by atoms with E-state index in [4.69, 9.17) is 4.52 Å². The maximum Gasteiger partial charge on any atom is 0.240 e. The van der Waals surface area contributed by atoms with Crippen LogP contribution in [-0.4, -0.2) is 25.1 Å². The number of benzene rings is 1. The van der Waals surface area contributed by atoms with Gasteiger partial charge in [0.1, 0.15) is 0 Å². The van der Waals surface area contributed by atoms with Crippen LogP contribution in [0.4, 0.5) is 5.69 Å². The van der Waals surface area contributed by atoms with Crippen molar-refractivity contribution in [2.24, 2.45) is 0 Å². The molecule has 3 rings (SSSR count). The summed E-state index contributed by atoms with van der Waals surface area (Å²) < 4.78 is 31.8. The van der Waals surface area contributed by atoms with E-state index < -0.39 is 10.0 Å². The largest absolute Gasteiger partial charge is 0.385 e. The van der Waals surface area contributed by atoms with Crippen LogP contribution in [0, 0.1) is 6.92 Å². The molecule has 1 aliphatic heterocycles. The highest BCUT2D eigenvalue weighted by molar-refractivity contribution is 7.89. The summed E-state index contributed by atoms with van der Waals surface area (Å²) in [6.45, 7) is 2.59. The Bertz CT molecular complexity index is 755. The normalized spacial score (nSPS) is 14.5. The zero-order valence-electron chi connectivity index (χ0n) is 11.6. The first kappa shape index (κ1) is 14.0. The molecule has 8 heteroatoms. The Hall–Kier alpha value is -1.93. The topological polar surface area (TPSA) is 97.1 Å². The van der Waals surface area contributed by atoms with Gasteiger partial charge in [-0.1, -0.05) is 5.16 Å². The minimum atomic E-state index is -3.58. The van der Waals surface area contributed by atoms with Crippen molar-refractivity contribution in [2.75, 3.05) is 11.9 Å². The molecule has 0 radical (unpaired) electrons. The SMILES string of the molecule is Cc1nc(CNS(=O)(=O)c2ccc3c(c2)CCCN3)no1. The van der Waals surface area contributed by atoms with Gasteiger partial charge in [-0.3, -0.25) is 0 Å². The molecular formula is C13H16N4O3S. The van der Waals surface area contributed by atoms with E-state index in [1.807, 2.05) is 6.07 Å². The number of nitrogens with zero attached hydrogens (tertiary/aromatic N) is 2. The second kappa shape index (κ2) is 5.45. The van der Waals surface area contributed by atoms with Gasteiger partial charge in [-0.15, -0.1) is 0 Å². The van der Waals surface area contributed by atoms with Crippen LogP contribution < -0.4 is 10.0 Å². The highest BCUT2D eigenvalue weighted by atomic mass is 32.2. The summed E-state index contributed by atoms with van der Waals surface area (Å²) >= 11 is 0. The average molecular weight is 308 g/mol. The second-order valence-corrected chi connectivity index (χ2v) is 6.67. The molecule has 2 N–H and O–H groups in total. The Morgan fingerprint density at radius 2 is 2.29 bits per heavy atom. The fraction of sp³-hybridized carbons (Fsp3) is 0.385. The number of aromatic nitrogens is 2. The van der Waals surface area contributed by atoms with Crippen molar-refractivity contribution in [3.63, 3.8) is 0 Å². The molecule has 2 aromatic rings. The van der Waals surface area contributed by atoms with Gasteiger partial charge >= 0.3 is 0 Å². The monoisotopic (exact) mass is 308 g/mol. The number of fused-ring (bicyclic) bond motifs is 1. The fourth-order valence-corrected chi connectivity index (χ4v) is 3.30. The van der Waals surface area contributed by atoms with E-state index in [2.05, 4.69) is 20.2 Å². The molecule has 21 heavy (non-hydrogen) atoms. The third kappa shape index (κ3) is 3.06. The van der Waals surface area contributed by atoms with E-state index in [-0.39, 0.29) is 11.4 Å². The molecule has 0 bridgehead atoms. The van der Waals surface area contributed by atoms with E-state index in [9.17, 15) is 8.42 Å². The van der Waals surface area contributed by atoms with Gasteiger partial charge in [0.05, 0.1) is 11.4 Å². The number of rotatable bonds is 4. The van der Waals surface area contributed by atoms with Crippen LogP contribution in [0.15, 0.2) is 27.6 Å². The molecule has 0 spiro atoms. The summed E-state index contributed by atoms with van der Waals surface area (Å²) in [4.78, 5) is 4.22. The molecule has 1 aromatic heterocycles. The van der Waals surface area contributed by atoms with Crippen LogP contribution in [0.5, 0.6) is 0 Å². The molecule has 0 fully saturated rings. The number of aryl methyl sites for hydroxylation is 2. The molecule has 0 saturated carbocycles. The highest BCUT2D eigenvalue weighted by Gasteiger charge is 2.18. The lowest BCUT2D eigenvalue weighted by atomic mass is 10.0. The second-order valence-electron chi connectivity index (χ2n) is 4.90. The van der Waals surface area contributed by atoms with E-state index >= 15 is 0 Å². The molecule has 7 nitrogen and oxygen atoms in total. The minimum absolute atomic E-state index is 0.00894. The van der Waals surface area contributed by atoms with Crippen molar-refractivity contribution in [1.82, 2.24) is 14.9 Å². The number of hydrogen-bond acceptors (Lipinski definition) is 6. The zero-order valence-corrected chi connectivity index (χ0v) is 12.4. The van der Waals surface area contributed by atoms with Crippen molar-refractivity contribution in [2.45, 2.75) is 31.2 Å². The molecule has 0 atom stereocenters. The molecule has 1 aliphatic rings. The molecular weight excluding hydrogens is 292 g/mol. The maximum absolute atomic E-state index is 12.3. The Labute approximate surface area is 122 Å². The van der Waals surface area contributed by atoms with Crippen molar-refractivity contribution < 1.29 is 12.9 Å². The Kier molecular flexibility index (Phi) is 3.64. The first-order chi connectivity index (χ1) is 10.0. The number of sulfonamides is 1. The highest BCUT2D eigenvalue weighted by Crippen LogP contribution is 2.24. The molecule has 0 saturated heterocycles. The summed E-state index contributed by atoms with van der Waals surface area (Å²) in [5.41, 5.74) is 2.04. The average Bonchev–Trinajstić information content (AvgIpc) is 2.90. The Morgan fingerprint density at radius 1 is 1.43 bits per heavy atom. The lowest BCUT2D eigenvalue weighted by Gasteiger charge is -2.18. The minimum Gasteiger partial charge on any atom is -0.385 e. The Morgan fingerprint density at radius 3 is 3.05 bits per heavy atom. The predicted octanol–water partition coefficient (Wildman–Crippen LogP) is 1.21. The van der Waals surface area contributed by atoms with Crippen LogP contribution >= 0.6 is 0 Å². The van der Waals surface area contributed by atoms with Crippen LogP contribution in [0.1, 0.15) is 23.7 Å². The molecule has 112 valence electrons. The zero-order chi connectivity index (χ0) is 14.9. The smallest absolute Gasteiger partial charge is 0.240 e. The molecule has 0 amide bonds. The fourth-order valence-electron chi connectivity index (χ4n) is 2.27. The van der Waals surface area contributed by atoms with Crippen LogP contribution in [0.2, 0.25) is 0 Å². The van der Waals surface area contributed by atoms with Crippen molar-refractivity contribution in [1.29, 1.82) is 0 Å². The molecule has 0 unspecified atom stereocenters. The van der Waals surface area contributed by atoms with Crippen molar-refractivity contribution in [3.8, 4) is 0 Å². The molecule has 0 aliphatic carbocycles. The van der Waals surface area contributed by atoms with E-state index in [0.29, 0.717) is 11.7 Å². The van der Waals surface area contributed by atoms with Gasteiger partial charge in [0.25, 0.3) is 0 Å². The molecule has 2 heterocycles. The summed E-state index contributed by atoms with van der Waals surface area (Å²) in [5.74, 6) is 0.722. The van der Waals surface area contributed by atoms with Crippen LogP contribution in [0.3, 0.4) is 0 Å². The van der Waals surface area contributed by atoms with Gasteiger partial charge in [-0.25, -0.2) is 13.1 Å². The summed E-state index contributed by atoms with van der Waals surface area (Å²) in [6.07, 6.45) is 1.89. The quantitative estimate of drug-likeness (QED) is 0.881. The predicted molar refractivity (Wildman–Crippen MR) is 76.3 cm³/mol. The standard InChI is InChI=1S/C13H16N4O3S/c1-9-16-13(17-20-9)8-15-21(18,19)11-4-5-12-10(7-11)3-2-6-14-12/h4-5,7,14-15H,2-3,6,8H2,1H3. The first-order valence-corrected chi connectivity index (χ1v) is 8.18. The number of hydrogen-bond donors (Lipinski definition) is 2. The number of anilines is 1. The summed E-state index contributed by atoms with van der Waals surface area (Å²) in [7, 11) is -3.58. The first-order valence-electron chi connectivity index (χ1n) is 6.70. The van der Waals surface area contributed by atoms with Crippen molar-refractivity contribution >= 4 is 15.7 Å². The Balaban J connectivity index is 1.78. The van der Waals surface area contributed by atoms with Gasteiger partial charge in [-0.2, -0.15) is 4.98 Å².